The molecule has 0 unspecified atom stereocenters. The van der Waals surface area contributed by atoms with Crippen molar-refractivity contribution >= 4 is 34.8 Å². The molecule has 23 heavy (non-hydrogen) atoms. The zero-order valence-electron chi connectivity index (χ0n) is 12.7. The number of hydrogen-bond acceptors (Lipinski definition) is 3. The second kappa shape index (κ2) is 8.60. The molecule has 0 spiro atoms. The fourth-order valence-corrected chi connectivity index (χ4v) is 2.31. The van der Waals surface area contributed by atoms with Crippen LogP contribution in [0.25, 0.3) is 0 Å². The molecule has 0 atom stereocenters. The second-order valence-corrected chi connectivity index (χ2v) is 5.58. The summed E-state index contributed by atoms with van der Waals surface area (Å²) >= 11 is 11.7. The molecule has 5 nitrogen and oxygen atoms in total. The molecule has 3 N–H and O–H groups in total. The van der Waals surface area contributed by atoms with Gasteiger partial charge in [-0.25, -0.2) is 9.98 Å². The molecule has 0 aliphatic rings. The predicted molar refractivity (Wildman–Crippen MR) is 95.7 cm³/mol. The number of aryl methyl sites for hydroxylation is 1. The number of nitrogens with one attached hydrogen (secondary N) is 1. The van der Waals surface area contributed by atoms with Crippen LogP contribution in [0.3, 0.4) is 0 Å². The number of nitrogens with two attached hydrogens (primary N) is 1. The highest BCUT2D eigenvalue weighted by Crippen LogP contribution is 2.24. The Kier molecular flexibility index (Phi) is 6.50. The third kappa shape index (κ3) is 5.62. The molecule has 2 aromatic rings. The van der Waals surface area contributed by atoms with Gasteiger partial charge in [-0.2, -0.15) is 0 Å². The molecule has 1 heterocycles. The van der Waals surface area contributed by atoms with E-state index in [0.717, 1.165) is 12.1 Å². The zero-order chi connectivity index (χ0) is 16.7. The van der Waals surface area contributed by atoms with Gasteiger partial charge in [0.2, 0.25) is 5.88 Å². The number of halogens is 2. The molecular weight excluding hydrogens is 335 g/mol. The van der Waals surface area contributed by atoms with E-state index in [1.807, 2.05) is 18.2 Å². The van der Waals surface area contributed by atoms with Gasteiger partial charge >= 0.3 is 0 Å². The lowest BCUT2D eigenvalue weighted by Crippen LogP contribution is -2.23. The molecule has 1 aromatic heterocycles. The first-order valence-electron chi connectivity index (χ1n) is 7.18. The standard InChI is InChI=1S/C16H18Cl2N4O/c1-2-11-4-3-5-13(8-11)22-16(19)20-6-7-23-15-14(18)9-12(17)10-21-15/h3-5,8-10H,2,6-7H2,1H3,(H3,19,20,22). The van der Waals surface area contributed by atoms with Crippen LogP contribution in [0.2, 0.25) is 10.0 Å². The fraction of sp³-hybridized carbons (Fsp3) is 0.250. The van der Waals surface area contributed by atoms with Crippen molar-refractivity contribution in [3.8, 4) is 5.88 Å². The number of pyridine rings is 1. The SMILES string of the molecule is CCc1cccc(NC(N)=NCCOc2ncc(Cl)cc2Cl)c1. The molecule has 0 aliphatic heterocycles. The first-order valence-corrected chi connectivity index (χ1v) is 7.94. The zero-order valence-corrected chi connectivity index (χ0v) is 14.2. The minimum atomic E-state index is 0.311. The molecule has 1 aromatic carbocycles. The van der Waals surface area contributed by atoms with Gasteiger partial charge in [-0.05, 0) is 30.2 Å². The number of nitrogens with zero attached hydrogens (tertiary/aromatic N) is 2. The van der Waals surface area contributed by atoms with Gasteiger partial charge in [-0.1, -0.05) is 42.3 Å². The van der Waals surface area contributed by atoms with Crippen LogP contribution in [0.1, 0.15) is 12.5 Å². The van der Waals surface area contributed by atoms with Gasteiger partial charge in [0.05, 0.1) is 11.6 Å². The van der Waals surface area contributed by atoms with E-state index in [0.29, 0.717) is 35.0 Å². The number of ether oxygens (including phenoxy) is 1. The van der Waals surface area contributed by atoms with Crippen molar-refractivity contribution in [3.63, 3.8) is 0 Å². The van der Waals surface area contributed by atoms with Crippen LogP contribution in [-0.2, 0) is 6.42 Å². The average molecular weight is 353 g/mol. The predicted octanol–water partition coefficient (Wildman–Crippen LogP) is 3.76. The van der Waals surface area contributed by atoms with Gasteiger partial charge in [0.15, 0.2) is 5.96 Å². The molecule has 0 radical (unpaired) electrons. The van der Waals surface area contributed by atoms with Gasteiger partial charge < -0.3 is 15.8 Å². The Morgan fingerprint density at radius 2 is 2.17 bits per heavy atom. The largest absolute Gasteiger partial charge is 0.475 e. The molecule has 0 saturated heterocycles. The Morgan fingerprint density at radius 1 is 1.35 bits per heavy atom. The first-order chi connectivity index (χ1) is 11.1. The Hall–Kier alpha value is -1.98. The van der Waals surface area contributed by atoms with Crippen molar-refractivity contribution in [2.45, 2.75) is 13.3 Å². The Labute approximate surface area is 145 Å². The van der Waals surface area contributed by atoms with Crippen molar-refractivity contribution in [1.82, 2.24) is 4.98 Å². The van der Waals surface area contributed by atoms with E-state index in [2.05, 4.69) is 28.3 Å². The lowest BCUT2D eigenvalue weighted by Gasteiger charge is -2.08. The van der Waals surface area contributed by atoms with E-state index in [4.69, 9.17) is 33.7 Å². The molecule has 0 saturated carbocycles. The summed E-state index contributed by atoms with van der Waals surface area (Å²) in [6, 6.07) is 9.60. The maximum atomic E-state index is 5.96. The lowest BCUT2D eigenvalue weighted by molar-refractivity contribution is 0.316. The third-order valence-corrected chi connectivity index (χ3v) is 3.47. The summed E-state index contributed by atoms with van der Waals surface area (Å²) in [7, 11) is 0. The van der Waals surface area contributed by atoms with E-state index >= 15 is 0 Å². The fourth-order valence-electron chi connectivity index (χ4n) is 1.87. The maximum Gasteiger partial charge on any atom is 0.232 e. The maximum absolute atomic E-state index is 5.96. The van der Waals surface area contributed by atoms with Gasteiger partial charge in [-0.3, -0.25) is 0 Å². The topological polar surface area (TPSA) is 72.5 Å². The van der Waals surface area contributed by atoms with E-state index in [1.165, 1.54) is 11.8 Å². The molecule has 2 rings (SSSR count). The molecule has 0 fully saturated rings. The van der Waals surface area contributed by atoms with Crippen LogP contribution in [0, 0.1) is 0 Å². The summed E-state index contributed by atoms with van der Waals surface area (Å²) < 4.78 is 5.44. The van der Waals surface area contributed by atoms with Crippen LogP contribution >= 0.6 is 23.2 Å². The summed E-state index contributed by atoms with van der Waals surface area (Å²) in [6.07, 6.45) is 2.44. The molecular formula is C16H18Cl2N4O. The normalized spacial score (nSPS) is 11.3. The van der Waals surface area contributed by atoms with Crippen molar-refractivity contribution < 1.29 is 4.74 Å². The average Bonchev–Trinajstić information content (AvgIpc) is 2.53. The minimum Gasteiger partial charge on any atom is -0.475 e. The van der Waals surface area contributed by atoms with Gasteiger partial charge in [0.25, 0.3) is 0 Å². The molecule has 0 aliphatic carbocycles. The van der Waals surface area contributed by atoms with Crippen LogP contribution in [0.4, 0.5) is 5.69 Å². The summed E-state index contributed by atoms with van der Waals surface area (Å²) in [5.41, 5.74) is 7.99. The van der Waals surface area contributed by atoms with Crippen LogP contribution in [0.5, 0.6) is 5.88 Å². The summed E-state index contributed by atoms with van der Waals surface area (Å²) in [4.78, 5) is 8.20. The van der Waals surface area contributed by atoms with Crippen molar-refractivity contribution in [1.29, 1.82) is 0 Å². The van der Waals surface area contributed by atoms with Crippen molar-refractivity contribution in [2.75, 3.05) is 18.5 Å². The van der Waals surface area contributed by atoms with Crippen LogP contribution in [0.15, 0.2) is 41.5 Å². The Bertz CT molecular complexity index is 692. The van der Waals surface area contributed by atoms with E-state index in [-0.39, 0.29) is 0 Å². The number of guanidine groups is 1. The highest BCUT2D eigenvalue weighted by molar-refractivity contribution is 6.35. The van der Waals surface area contributed by atoms with E-state index in [9.17, 15) is 0 Å². The molecule has 122 valence electrons. The summed E-state index contributed by atoms with van der Waals surface area (Å²) in [5.74, 6) is 0.658. The first kappa shape index (κ1) is 17.4. The molecule has 0 bridgehead atoms. The quantitative estimate of drug-likeness (QED) is 0.471. The Balaban J connectivity index is 1.82. The monoisotopic (exact) mass is 352 g/mol. The molecule has 7 heteroatoms. The van der Waals surface area contributed by atoms with Gasteiger partial charge in [-0.15, -0.1) is 0 Å². The Morgan fingerprint density at radius 3 is 2.91 bits per heavy atom. The number of aromatic nitrogens is 1. The lowest BCUT2D eigenvalue weighted by atomic mass is 10.1. The number of aliphatic imine (C=N–C) groups is 1. The highest BCUT2D eigenvalue weighted by Gasteiger charge is 2.03. The minimum absolute atomic E-state index is 0.311. The van der Waals surface area contributed by atoms with Crippen LogP contribution < -0.4 is 15.8 Å². The van der Waals surface area contributed by atoms with E-state index in [1.54, 1.807) is 6.07 Å². The molecule has 0 amide bonds. The van der Waals surface area contributed by atoms with Gasteiger partial charge in [0, 0.05) is 11.9 Å². The van der Waals surface area contributed by atoms with Crippen LogP contribution in [-0.4, -0.2) is 24.1 Å². The van der Waals surface area contributed by atoms with Crippen molar-refractivity contribution in [2.24, 2.45) is 10.7 Å². The van der Waals surface area contributed by atoms with Crippen molar-refractivity contribution in [3.05, 3.63) is 52.1 Å². The number of rotatable bonds is 6. The second-order valence-electron chi connectivity index (χ2n) is 4.73. The highest BCUT2D eigenvalue weighted by atomic mass is 35.5. The van der Waals surface area contributed by atoms with Gasteiger partial charge in [0.1, 0.15) is 11.6 Å². The summed E-state index contributed by atoms with van der Waals surface area (Å²) in [5, 5.41) is 3.87. The summed E-state index contributed by atoms with van der Waals surface area (Å²) in [6.45, 7) is 2.79. The number of anilines is 1. The van der Waals surface area contributed by atoms with E-state index < -0.39 is 0 Å². The number of benzene rings is 1. The third-order valence-electron chi connectivity index (χ3n) is 2.99. The number of hydrogen-bond donors (Lipinski definition) is 2. The smallest absolute Gasteiger partial charge is 0.232 e.